The molecule has 0 spiro atoms. The molecule has 4 heterocycles. The normalized spacial score (nSPS) is 12.3. The molecule has 0 radical (unpaired) electrons. The number of nitrogens with zero attached hydrogens (tertiary/aromatic N) is 5. The maximum atomic E-state index is 14.2. The minimum Gasteiger partial charge on any atom is -0.381 e. The van der Waals surface area contributed by atoms with E-state index in [0.717, 1.165) is 22.3 Å². The average molecular weight is 548 g/mol. The molecule has 4 aromatic heterocycles. The summed E-state index contributed by atoms with van der Waals surface area (Å²) in [5, 5.41) is 10.6. The zero-order valence-electron chi connectivity index (χ0n) is 21.8. The molecule has 1 unspecified atom stereocenters. The first-order valence-corrected chi connectivity index (χ1v) is 13.6. The first kappa shape index (κ1) is 25.2. The molecule has 0 aliphatic rings. The molecule has 2 aromatic carbocycles. The number of para-hydroxylation sites is 1. The SMILES string of the molecule is Cc1ccnc2c(C(=O)NC(C)c3cc4cccc(C=Cc5cscn5)c4c(=O)n3-c3ccccc3)c(N)nn12. The fraction of sp³-hybridized carbons (Fsp3) is 0.100. The van der Waals surface area contributed by atoms with Crippen LogP contribution in [0.1, 0.15) is 46.0 Å². The summed E-state index contributed by atoms with van der Waals surface area (Å²) in [5.41, 5.74) is 12.0. The third kappa shape index (κ3) is 4.44. The number of aryl methyl sites for hydroxylation is 1. The Morgan fingerprint density at radius 3 is 2.67 bits per heavy atom. The van der Waals surface area contributed by atoms with Gasteiger partial charge in [-0.3, -0.25) is 14.2 Å². The topological polar surface area (TPSA) is 120 Å². The first-order valence-electron chi connectivity index (χ1n) is 12.6. The van der Waals surface area contributed by atoms with Crippen molar-refractivity contribution in [1.82, 2.24) is 29.5 Å². The van der Waals surface area contributed by atoms with Crippen molar-refractivity contribution >= 4 is 51.6 Å². The standard InChI is InChI=1S/C30H25N7O2S/c1-18-13-14-32-28-26(27(31)35-37(18)28)29(38)34-19(2)24-15-21-8-6-7-20(11-12-22-16-40-17-33-22)25(21)30(39)36(24)23-9-4-3-5-10-23/h3-17,19H,1-2H3,(H2,31,35)(H,34,38). The Morgan fingerprint density at radius 2 is 1.90 bits per heavy atom. The lowest BCUT2D eigenvalue weighted by Crippen LogP contribution is -2.32. The Kier molecular flexibility index (Phi) is 6.45. The lowest BCUT2D eigenvalue weighted by Gasteiger charge is -2.21. The Labute approximate surface area is 233 Å². The van der Waals surface area contributed by atoms with E-state index in [1.807, 2.05) is 86.0 Å². The lowest BCUT2D eigenvalue weighted by atomic mass is 10.0. The van der Waals surface area contributed by atoms with Gasteiger partial charge in [0.1, 0.15) is 5.56 Å². The second-order valence-electron chi connectivity index (χ2n) is 9.38. The van der Waals surface area contributed by atoms with Crippen molar-refractivity contribution in [2.24, 2.45) is 0 Å². The van der Waals surface area contributed by atoms with Gasteiger partial charge in [-0.25, -0.2) is 14.5 Å². The van der Waals surface area contributed by atoms with Crippen molar-refractivity contribution < 1.29 is 4.79 Å². The van der Waals surface area contributed by atoms with Crippen LogP contribution in [-0.4, -0.2) is 30.1 Å². The molecule has 1 atom stereocenters. The van der Waals surface area contributed by atoms with Gasteiger partial charge >= 0.3 is 0 Å². The monoisotopic (exact) mass is 547 g/mol. The molecule has 0 fully saturated rings. The van der Waals surface area contributed by atoms with Crippen LogP contribution in [0.3, 0.4) is 0 Å². The number of rotatable bonds is 6. The van der Waals surface area contributed by atoms with Crippen molar-refractivity contribution in [3.63, 3.8) is 0 Å². The Bertz CT molecular complexity index is 1960. The Hall–Kier alpha value is -5.09. The number of benzene rings is 2. The zero-order chi connectivity index (χ0) is 27.8. The fourth-order valence-corrected chi connectivity index (χ4v) is 5.35. The molecule has 0 aliphatic carbocycles. The molecule has 6 rings (SSSR count). The van der Waals surface area contributed by atoms with Crippen LogP contribution in [0.15, 0.2) is 82.5 Å². The number of nitrogen functional groups attached to an aromatic ring is 1. The molecule has 0 aliphatic heterocycles. The van der Waals surface area contributed by atoms with Gasteiger partial charge < -0.3 is 11.1 Å². The number of anilines is 1. The molecule has 3 N–H and O–H groups in total. The number of nitrogens with two attached hydrogens (primary N) is 1. The van der Waals surface area contributed by atoms with Crippen LogP contribution < -0.4 is 16.6 Å². The highest BCUT2D eigenvalue weighted by molar-refractivity contribution is 7.07. The van der Waals surface area contributed by atoms with Crippen molar-refractivity contribution in [3.05, 3.63) is 116 Å². The molecular formula is C30H25N7O2S. The highest BCUT2D eigenvalue weighted by Crippen LogP contribution is 2.26. The number of aromatic nitrogens is 5. The third-order valence-electron chi connectivity index (χ3n) is 6.76. The number of nitrogens with one attached hydrogen (secondary N) is 1. The van der Waals surface area contributed by atoms with Crippen molar-refractivity contribution in [1.29, 1.82) is 0 Å². The average Bonchev–Trinajstić information content (AvgIpc) is 3.60. The number of carbonyl (C=O) groups is 1. The minimum absolute atomic E-state index is 0.0852. The fourth-order valence-electron chi connectivity index (χ4n) is 4.83. The molecule has 0 saturated carbocycles. The van der Waals surface area contributed by atoms with E-state index in [1.54, 1.807) is 26.9 Å². The molecule has 0 saturated heterocycles. The molecule has 0 bridgehead atoms. The zero-order valence-corrected chi connectivity index (χ0v) is 22.6. The number of hydrogen-bond donors (Lipinski definition) is 2. The van der Waals surface area contributed by atoms with Gasteiger partial charge in [0, 0.05) is 28.7 Å². The van der Waals surface area contributed by atoms with Gasteiger partial charge in [-0.15, -0.1) is 16.4 Å². The number of amides is 1. The number of hydrogen-bond acceptors (Lipinski definition) is 7. The van der Waals surface area contributed by atoms with Gasteiger partial charge in [0.25, 0.3) is 11.5 Å². The van der Waals surface area contributed by atoms with Gasteiger partial charge in [-0.1, -0.05) is 42.5 Å². The number of fused-ring (bicyclic) bond motifs is 2. The van der Waals surface area contributed by atoms with Gasteiger partial charge in [-0.05, 0) is 55.1 Å². The third-order valence-corrected chi connectivity index (χ3v) is 7.36. The molecule has 198 valence electrons. The summed E-state index contributed by atoms with van der Waals surface area (Å²) in [5.74, 6) is -0.341. The van der Waals surface area contributed by atoms with Gasteiger partial charge in [0.15, 0.2) is 11.5 Å². The summed E-state index contributed by atoms with van der Waals surface area (Å²) in [7, 11) is 0. The van der Waals surface area contributed by atoms with E-state index in [2.05, 4.69) is 20.4 Å². The number of thiazole rings is 1. The largest absolute Gasteiger partial charge is 0.381 e. The van der Waals surface area contributed by atoms with E-state index in [1.165, 1.54) is 11.3 Å². The van der Waals surface area contributed by atoms with E-state index in [9.17, 15) is 9.59 Å². The summed E-state index contributed by atoms with van der Waals surface area (Å²) in [6.45, 7) is 3.70. The summed E-state index contributed by atoms with van der Waals surface area (Å²) in [6.07, 6.45) is 5.41. The van der Waals surface area contributed by atoms with Crippen LogP contribution in [0.2, 0.25) is 0 Å². The minimum atomic E-state index is -0.557. The molecule has 6 aromatic rings. The van der Waals surface area contributed by atoms with Crippen LogP contribution in [-0.2, 0) is 0 Å². The van der Waals surface area contributed by atoms with Crippen molar-refractivity contribution in [2.75, 3.05) is 5.73 Å². The highest BCUT2D eigenvalue weighted by atomic mass is 32.1. The van der Waals surface area contributed by atoms with E-state index in [0.29, 0.717) is 22.4 Å². The Morgan fingerprint density at radius 1 is 1.07 bits per heavy atom. The van der Waals surface area contributed by atoms with Gasteiger partial charge in [0.05, 0.1) is 22.6 Å². The number of pyridine rings is 1. The predicted octanol–water partition coefficient (Wildman–Crippen LogP) is 5.04. The lowest BCUT2D eigenvalue weighted by molar-refractivity contribution is 0.0941. The second kappa shape index (κ2) is 10.2. The van der Waals surface area contributed by atoms with Crippen molar-refractivity contribution in [3.8, 4) is 5.69 Å². The predicted molar refractivity (Wildman–Crippen MR) is 159 cm³/mol. The smallest absolute Gasteiger partial charge is 0.263 e. The second-order valence-corrected chi connectivity index (χ2v) is 10.1. The quantitative estimate of drug-likeness (QED) is 0.301. The summed E-state index contributed by atoms with van der Waals surface area (Å²) < 4.78 is 3.20. The van der Waals surface area contributed by atoms with Crippen LogP contribution in [0, 0.1) is 6.92 Å². The van der Waals surface area contributed by atoms with Crippen LogP contribution >= 0.6 is 11.3 Å². The van der Waals surface area contributed by atoms with Gasteiger partial charge in [0.2, 0.25) is 0 Å². The summed E-state index contributed by atoms with van der Waals surface area (Å²) in [4.78, 5) is 36.3. The molecule has 1 amide bonds. The summed E-state index contributed by atoms with van der Waals surface area (Å²) >= 11 is 1.51. The maximum Gasteiger partial charge on any atom is 0.263 e. The van der Waals surface area contributed by atoms with Gasteiger partial charge in [-0.2, -0.15) is 0 Å². The van der Waals surface area contributed by atoms with Crippen LogP contribution in [0.25, 0.3) is 34.3 Å². The summed E-state index contributed by atoms with van der Waals surface area (Å²) in [6, 6.07) is 18.3. The Balaban J connectivity index is 1.47. The van der Waals surface area contributed by atoms with E-state index >= 15 is 0 Å². The maximum absolute atomic E-state index is 14.2. The van der Waals surface area contributed by atoms with E-state index in [4.69, 9.17) is 5.73 Å². The molecule has 40 heavy (non-hydrogen) atoms. The van der Waals surface area contributed by atoms with E-state index < -0.39 is 11.9 Å². The first-order chi connectivity index (χ1) is 19.4. The molecular weight excluding hydrogens is 522 g/mol. The molecule has 10 heteroatoms. The van der Waals surface area contributed by atoms with E-state index in [-0.39, 0.29) is 16.9 Å². The van der Waals surface area contributed by atoms with Crippen LogP contribution in [0.5, 0.6) is 0 Å². The number of carbonyl (C=O) groups excluding carboxylic acids is 1. The highest BCUT2D eigenvalue weighted by Gasteiger charge is 2.24. The van der Waals surface area contributed by atoms with Crippen molar-refractivity contribution in [2.45, 2.75) is 19.9 Å². The van der Waals surface area contributed by atoms with Crippen LogP contribution in [0.4, 0.5) is 5.82 Å². The molecule has 9 nitrogen and oxygen atoms in total.